The molecule has 1 saturated carbocycles. The SMILES string of the molecule is Cn1c2ccccc2c2ccc(C[N+](C)(C)CC3=CC[C@H]4C[C@@H]3C4(C)C)cc21.[I-]. The van der Waals surface area contributed by atoms with Crippen LogP contribution in [0.15, 0.2) is 54.1 Å². The van der Waals surface area contributed by atoms with Gasteiger partial charge in [0, 0.05) is 34.4 Å². The lowest BCUT2D eigenvalue weighted by Crippen LogP contribution is -3.00. The zero-order valence-electron chi connectivity index (χ0n) is 18.4. The lowest BCUT2D eigenvalue weighted by Gasteiger charge is -2.57. The number of para-hydroxylation sites is 1. The van der Waals surface area contributed by atoms with Crippen LogP contribution in [-0.2, 0) is 13.6 Å². The Kier molecular flexibility index (Phi) is 5.14. The van der Waals surface area contributed by atoms with Gasteiger partial charge in [-0.2, -0.15) is 0 Å². The molecule has 1 fully saturated rings. The Labute approximate surface area is 192 Å². The van der Waals surface area contributed by atoms with Gasteiger partial charge in [0.15, 0.2) is 0 Å². The van der Waals surface area contributed by atoms with Crippen molar-refractivity contribution >= 4 is 21.8 Å². The highest BCUT2D eigenvalue weighted by Gasteiger charge is 2.52. The average Bonchev–Trinajstić information content (AvgIpc) is 2.93. The van der Waals surface area contributed by atoms with Gasteiger partial charge in [0.25, 0.3) is 0 Å². The number of aromatic nitrogens is 1. The number of aryl methyl sites for hydroxylation is 1. The summed E-state index contributed by atoms with van der Waals surface area (Å²) in [6, 6.07) is 15.8. The van der Waals surface area contributed by atoms with Crippen LogP contribution in [0.25, 0.3) is 21.8 Å². The molecule has 0 saturated heterocycles. The third-order valence-electron chi connectivity index (χ3n) is 7.78. The van der Waals surface area contributed by atoms with Crippen molar-refractivity contribution in [1.29, 1.82) is 0 Å². The summed E-state index contributed by atoms with van der Waals surface area (Å²) in [5.41, 5.74) is 6.33. The highest BCUT2D eigenvalue weighted by Crippen LogP contribution is 2.59. The predicted molar refractivity (Wildman–Crippen MR) is 119 cm³/mol. The summed E-state index contributed by atoms with van der Waals surface area (Å²) in [5, 5.41) is 2.72. The Morgan fingerprint density at radius 1 is 1.00 bits per heavy atom. The third-order valence-corrected chi connectivity index (χ3v) is 7.78. The molecule has 2 atom stereocenters. The Balaban J connectivity index is 0.00000205. The normalized spacial score (nSPS) is 22.9. The van der Waals surface area contributed by atoms with Crippen molar-refractivity contribution in [2.75, 3.05) is 20.6 Å². The van der Waals surface area contributed by atoms with E-state index in [4.69, 9.17) is 0 Å². The minimum atomic E-state index is 0. The van der Waals surface area contributed by atoms with Crippen molar-refractivity contribution in [3.8, 4) is 0 Å². The molecule has 0 aliphatic heterocycles. The summed E-state index contributed by atoms with van der Waals surface area (Å²) < 4.78 is 3.37. The number of quaternary nitrogens is 1. The number of nitrogens with zero attached hydrogens (tertiary/aromatic N) is 2. The van der Waals surface area contributed by atoms with Gasteiger partial charge in [0.2, 0.25) is 0 Å². The molecule has 0 spiro atoms. The first kappa shape index (κ1) is 20.9. The van der Waals surface area contributed by atoms with E-state index in [9.17, 15) is 0 Å². The number of likely N-dealkylation sites (N-methyl/N-ethyl adjacent to an activating group) is 1. The Hall–Kier alpha value is -1.33. The van der Waals surface area contributed by atoms with Crippen molar-refractivity contribution in [2.45, 2.75) is 33.2 Å². The summed E-state index contributed by atoms with van der Waals surface area (Å²) >= 11 is 0. The molecule has 2 aromatic carbocycles. The van der Waals surface area contributed by atoms with Gasteiger partial charge in [-0.15, -0.1) is 0 Å². The number of benzene rings is 2. The van der Waals surface area contributed by atoms with Gasteiger partial charge in [-0.1, -0.05) is 50.3 Å². The van der Waals surface area contributed by atoms with Gasteiger partial charge in [-0.25, -0.2) is 0 Å². The molecule has 1 aromatic heterocycles. The van der Waals surface area contributed by atoms with Gasteiger partial charge in [0.05, 0.1) is 14.1 Å². The van der Waals surface area contributed by atoms with Crippen LogP contribution in [0, 0.1) is 17.3 Å². The summed E-state index contributed by atoms with van der Waals surface area (Å²) in [7, 11) is 6.98. The fraction of sp³-hybridized carbons (Fsp3) is 0.462. The van der Waals surface area contributed by atoms with E-state index >= 15 is 0 Å². The van der Waals surface area contributed by atoms with Gasteiger partial charge < -0.3 is 33.0 Å². The van der Waals surface area contributed by atoms with E-state index in [1.807, 2.05) is 0 Å². The molecule has 0 amide bonds. The number of hydrogen-bond donors (Lipinski definition) is 0. The van der Waals surface area contributed by atoms with E-state index < -0.39 is 0 Å². The summed E-state index contributed by atoms with van der Waals surface area (Å²) in [6.07, 6.45) is 5.28. The quantitative estimate of drug-likeness (QED) is 0.295. The zero-order valence-corrected chi connectivity index (χ0v) is 20.5. The zero-order chi connectivity index (χ0) is 19.7. The van der Waals surface area contributed by atoms with E-state index in [-0.39, 0.29) is 24.0 Å². The van der Waals surface area contributed by atoms with Gasteiger partial charge in [0.1, 0.15) is 13.1 Å². The minimum Gasteiger partial charge on any atom is -1.00 e. The lowest BCUT2D eigenvalue weighted by atomic mass is 9.49. The van der Waals surface area contributed by atoms with Crippen LogP contribution in [0.5, 0.6) is 0 Å². The molecule has 3 aliphatic carbocycles. The van der Waals surface area contributed by atoms with Gasteiger partial charge in [-0.3, -0.25) is 0 Å². The van der Waals surface area contributed by atoms with Crippen molar-refractivity contribution in [2.24, 2.45) is 24.3 Å². The second-order valence-corrected chi connectivity index (χ2v) is 10.5. The Morgan fingerprint density at radius 3 is 2.45 bits per heavy atom. The molecule has 2 bridgehead atoms. The van der Waals surface area contributed by atoms with Crippen LogP contribution >= 0.6 is 0 Å². The molecule has 3 aliphatic rings. The van der Waals surface area contributed by atoms with Crippen molar-refractivity contribution in [3.05, 3.63) is 59.7 Å². The molecule has 3 heteroatoms. The van der Waals surface area contributed by atoms with Crippen LogP contribution in [0.3, 0.4) is 0 Å². The molecule has 1 heterocycles. The van der Waals surface area contributed by atoms with Gasteiger partial charge >= 0.3 is 0 Å². The first-order valence-corrected chi connectivity index (χ1v) is 10.7. The molecular weight excluding hydrogens is 467 g/mol. The number of fused-ring (bicyclic) bond motifs is 4. The van der Waals surface area contributed by atoms with Crippen LogP contribution in [0.4, 0.5) is 0 Å². The standard InChI is InChI=1S/C26H33N2.HI/c1-26(2)20-12-11-19(23(26)15-20)17-28(4,5)16-18-10-13-22-21-8-6-7-9-24(21)27(3)25(22)14-18;/h6-11,13-14,20,23H,12,15-17H2,1-5H3;1H/q+1;/p-1/t20-,23-;/m0./s1. The number of allylic oxidation sites excluding steroid dienone is 1. The molecule has 2 nitrogen and oxygen atoms in total. The van der Waals surface area contributed by atoms with Gasteiger partial charge in [-0.05, 0) is 47.8 Å². The number of hydrogen-bond acceptors (Lipinski definition) is 0. The van der Waals surface area contributed by atoms with Crippen molar-refractivity contribution in [1.82, 2.24) is 4.57 Å². The lowest BCUT2D eigenvalue weighted by molar-refractivity contribution is -0.899. The molecule has 0 radical (unpaired) electrons. The van der Waals surface area contributed by atoms with Crippen LogP contribution < -0.4 is 24.0 Å². The predicted octanol–water partition coefficient (Wildman–Crippen LogP) is 2.90. The largest absolute Gasteiger partial charge is 1.00 e. The fourth-order valence-electron chi connectivity index (χ4n) is 6.00. The highest BCUT2D eigenvalue weighted by atomic mass is 127. The molecular formula is C26H33IN2. The van der Waals surface area contributed by atoms with E-state index in [1.165, 1.54) is 46.8 Å². The second kappa shape index (κ2) is 7.12. The minimum absolute atomic E-state index is 0. The van der Waals surface area contributed by atoms with Crippen molar-refractivity contribution < 1.29 is 28.5 Å². The van der Waals surface area contributed by atoms with Crippen molar-refractivity contribution in [3.63, 3.8) is 0 Å². The highest BCUT2D eigenvalue weighted by molar-refractivity contribution is 6.08. The van der Waals surface area contributed by atoms with E-state index in [0.29, 0.717) is 5.41 Å². The second-order valence-electron chi connectivity index (χ2n) is 10.5. The Morgan fingerprint density at radius 2 is 1.72 bits per heavy atom. The maximum absolute atomic E-state index is 2.57. The Bertz CT molecular complexity index is 1100. The maximum atomic E-state index is 2.57. The first-order chi connectivity index (χ1) is 13.3. The van der Waals surface area contributed by atoms with Crippen LogP contribution in [0.2, 0.25) is 0 Å². The molecule has 0 unspecified atom stereocenters. The van der Waals surface area contributed by atoms with E-state index in [1.54, 1.807) is 5.57 Å². The maximum Gasteiger partial charge on any atom is 0.104 e. The summed E-state index contributed by atoms with van der Waals surface area (Å²) in [6.45, 7) is 7.21. The third kappa shape index (κ3) is 3.34. The smallest absolute Gasteiger partial charge is 0.104 e. The molecule has 154 valence electrons. The first-order valence-electron chi connectivity index (χ1n) is 10.7. The topological polar surface area (TPSA) is 4.93 Å². The number of halogens is 1. The number of rotatable bonds is 4. The molecule has 6 rings (SSSR count). The van der Waals surface area contributed by atoms with E-state index in [2.05, 4.69) is 88.1 Å². The summed E-state index contributed by atoms with van der Waals surface area (Å²) in [5.74, 6) is 1.73. The average molecular weight is 500 g/mol. The molecule has 0 N–H and O–H groups in total. The monoisotopic (exact) mass is 500 g/mol. The van der Waals surface area contributed by atoms with Crippen LogP contribution in [0.1, 0.15) is 32.3 Å². The molecule has 29 heavy (non-hydrogen) atoms. The molecule has 3 aromatic rings. The summed E-state index contributed by atoms with van der Waals surface area (Å²) in [4.78, 5) is 0. The van der Waals surface area contributed by atoms with E-state index in [0.717, 1.165) is 22.9 Å². The fourth-order valence-corrected chi connectivity index (χ4v) is 6.00. The van der Waals surface area contributed by atoms with Crippen LogP contribution in [-0.4, -0.2) is 29.7 Å².